The number of ether oxygens (including phenoxy) is 1. The van der Waals surface area contributed by atoms with Gasteiger partial charge in [0.2, 0.25) is 5.91 Å². The maximum absolute atomic E-state index is 12.2. The Bertz CT molecular complexity index is 640. The molecule has 2 heterocycles. The Labute approximate surface area is 124 Å². The molecule has 1 aliphatic rings. The third-order valence-electron chi connectivity index (χ3n) is 3.72. The molecule has 0 saturated carbocycles. The molecular weight excluding hydrogens is 264 g/mol. The van der Waals surface area contributed by atoms with E-state index in [0.29, 0.717) is 13.0 Å². The minimum atomic E-state index is 0.0283. The second-order valence-corrected chi connectivity index (χ2v) is 5.28. The van der Waals surface area contributed by atoms with Crippen molar-refractivity contribution in [3.63, 3.8) is 0 Å². The number of aromatic nitrogens is 1. The van der Waals surface area contributed by atoms with E-state index in [1.807, 2.05) is 37.3 Å². The van der Waals surface area contributed by atoms with Gasteiger partial charge in [-0.25, -0.2) is 0 Å². The van der Waals surface area contributed by atoms with Crippen molar-refractivity contribution in [3.05, 3.63) is 59.4 Å². The summed E-state index contributed by atoms with van der Waals surface area (Å²) in [6.45, 7) is 2.66. The number of aryl methyl sites for hydroxylation is 1. The molecule has 0 unspecified atom stereocenters. The number of rotatable bonds is 3. The van der Waals surface area contributed by atoms with Crippen LogP contribution in [0.3, 0.4) is 0 Å². The first-order valence-corrected chi connectivity index (χ1v) is 7.14. The van der Waals surface area contributed by atoms with Gasteiger partial charge in [-0.3, -0.25) is 9.78 Å². The number of hydrogen-bond donors (Lipinski definition) is 1. The van der Waals surface area contributed by atoms with Crippen LogP contribution in [0.2, 0.25) is 0 Å². The van der Waals surface area contributed by atoms with E-state index >= 15 is 0 Å². The van der Waals surface area contributed by atoms with Crippen LogP contribution in [0, 0.1) is 6.92 Å². The van der Waals surface area contributed by atoms with Gasteiger partial charge < -0.3 is 10.1 Å². The highest BCUT2D eigenvalue weighted by atomic mass is 16.5. The fourth-order valence-corrected chi connectivity index (χ4v) is 2.66. The van der Waals surface area contributed by atoms with Gasteiger partial charge in [-0.1, -0.05) is 18.2 Å². The predicted molar refractivity (Wildman–Crippen MR) is 80.1 cm³/mol. The van der Waals surface area contributed by atoms with Crippen LogP contribution in [0.25, 0.3) is 0 Å². The van der Waals surface area contributed by atoms with E-state index in [1.165, 1.54) is 0 Å². The summed E-state index contributed by atoms with van der Waals surface area (Å²) < 4.78 is 5.72. The zero-order valence-electron chi connectivity index (χ0n) is 12.0. The lowest BCUT2D eigenvalue weighted by Gasteiger charge is -2.27. The fraction of sp³-hybridized carbons (Fsp3) is 0.294. The lowest BCUT2D eigenvalue weighted by molar-refractivity contribution is -0.121. The average molecular weight is 282 g/mol. The molecule has 0 saturated heterocycles. The van der Waals surface area contributed by atoms with Gasteiger partial charge in [0, 0.05) is 24.4 Å². The van der Waals surface area contributed by atoms with Crippen molar-refractivity contribution in [1.29, 1.82) is 0 Å². The lowest BCUT2D eigenvalue weighted by Crippen LogP contribution is -2.33. The topological polar surface area (TPSA) is 51.2 Å². The molecule has 4 nitrogen and oxygen atoms in total. The van der Waals surface area contributed by atoms with Crippen LogP contribution in [-0.2, 0) is 11.2 Å². The second kappa shape index (κ2) is 5.95. The highest BCUT2D eigenvalue weighted by Gasteiger charge is 2.23. The third kappa shape index (κ3) is 3.05. The summed E-state index contributed by atoms with van der Waals surface area (Å²) in [5, 5.41) is 3.11. The van der Waals surface area contributed by atoms with Crippen molar-refractivity contribution >= 4 is 5.91 Å². The van der Waals surface area contributed by atoms with Gasteiger partial charge in [0.25, 0.3) is 0 Å². The minimum Gasteiger partial charge on any atom is -0.493 e. The van der Waals surface area contributed by atoms with Crippen molar-refractivity contribution in [1.82, 2.24) is 10.3 Å². The van der Waals surface area contributed by atoms with E-state index in [0.717, 1.165) is 28.9 Å². The van der Waals surface area contributed by atoms with Crippen molar-refractivity contribution in [2.24, 2.45) is 0 Å². The van der Waals surface area contributed by atoms with Crippen LogP contribution in [0.15, 0.2) is 42.7 Å². The van der Waals surface area contributed by atoms with Gasteiger partial charge in [-0.05, 0) is 30.2 Å². The normalized spacial score (nSPS) is 16.7. The number of nitrogens with zero attached hydrogens (tertiary/aromatic N) is 1. The Morgan fingerprint density at radius 1 is 1.33 bits per heavy atom. The Morgan fingerprint density at radius 2 is 2.14 bits per heavy atom. The number of amides is 1. The van der Waals surface area contributed by atoms with Crippen LogP contribution < -0.4 is 10.1 Å². The van der Waals surface area contributed by atoms with Gasteiger partial charge in [-0.15, -0.1) is 0 Å². The number of carbonyl (C=O) groups excluding carboxylic acids is 1. The largest absolute Gasteiger partial charge is 0.493 e. The van der Waals surface area contributed by atoms with E-state index < -0.39 is 0 Å². The molecule has 1 aliphatic heterocycles. The number of benzene rings is 1. The van der Waals surface area contributed by atoms with Crippen molar-refractivity contribution in [2.75, 3.05) is 6.61 Å². The minimum absolute atomic E-state index is 0.0283. The van der Waals surface area contributed by atoms with Gasteiger partial charge in [0.15, 0.2) is 0 Å². The summed E-state index contributed by atoms with van der Waals surface area (Å²) in [4.78, 5) is 16.2. The molecule has 0 aliphatic carbocycles. The summed E-state index contributed by atoms with van der Waals surface area (Å²) in [5.41, 5.74) is 3.16. The SMILES string of the molecule is Cc1cccc2c1OCC[C@@H]2NC(=O)Cc1ccncc1. The maximum Gasteiger partial charge on any atom is 0.224 e. The maximum atomic E-state index is 12.2. The third-order valence-corrected chi connectivity index (χ3v) is 3.72. The fourth-order valence-electron chi connectivity index (χ4n) is 2.66. The second-order valence-electron chi connectivity index (χ2n) is 5.28. The molecule has 3 rings (SSSR count). The number of carbonyl (C=O) groups is 1. The summed E-state index contributed by atoms with van der Waals surface area (Å²) in [6, 6.07) is 9.82. The monoisotopic (exact) mass is 282 g/mol. The first-order chi connectivity index (χ1) is 10.2. The van der Waals surface area contributed by atoms with E-state index in [9.17, 15) is 4.79 Å². The molecule has 1 amide bonds. The molecular formula is C17H18N2O2. The Morgan fingerprint density at radius 3 is 2.95 bits per heavy atom. The van der Waals surface area contributed by atoms with E-state index in [2.05, 4.69) is 10.3 Å². The molecule has 0 fully saturated rings. The van der Waals surface area contributed by atoms with Gasteiger partial charge >= 0.3 is 0 Å². The smallest absolute Gasteiger partial charge is 0.224 e. The van der Waals surface area contributed by atoms with Crippen LogP contribution in [0.1, 0.15) is 29.2 Å². The molecule has 2 aromatic rings. The summed E-state index contributed by atoms with van der Waals surface area (Å²) in [6.07, 6.45) is 4.59. The molecule has 21 heavy (non-hydrogen) atoms. The molecule has 1 aromatic carbocycles. The van der Waals surface area contributed by atoms with E-state index in [-0.39, 0.29) is 11.9 Å². The summed E-state index contributed by atoms with van der Waals surface area (Å²) >= 11 is 0. The molecule has 108 valence electrons. The molecule has 0 bridgehead atoms. The van der Waals surface area contributed by atoms with Gasteiger partial charge in [0.05, 0.1) is 19.1 Å². The van der Waals surface area contributed by atoms with Crippen molar-refractivity contribution < 1.29 is 9.53 Å². The molecule has 0 spiro atoms. The Hall–Kier alpha value is -2.36. The summed E-state index contributed by atoms with van der Waals surface area (Å²) in [7, 11) is 0. The molecule has 1 N–H and O–H groups in total. The molecule has 4 heteroatoms. The Balaban J connectivity index is 1.72. The Kier molecular flexibility index (Phi) is 3.86. The van der Waals surface area contributed by atoms with Crippen molar-refractivity contribution in [2.45, 2.75) is 25.8 Å². The number of para-hydroxylation sites is 1. The molecule has 1 aromatic heterocycles. The highest BCUT2D eigenvalue weighted by Crippen LogP contribution is 2.34. The molecule has 1 atom stereocenters. The predicted octanol–water partition coefficient (Wildman–Crippen LogP) is 2.57. The zero-order chi connectivity index (χ0) is 14.7. The van der Waals surface area contributed by atoms with Crippen LogP contribution in [0.5, 0.6) is 5.75 Å². The highest BCUT2D eigenvalue weighted by molar-refractivity contribution is 5.79. The van der Waals surface area contributed by atoms with Crippen LogP contribution >= 0.6 is 0 Å². The average Bonchev–Trinajstić information content (AvgIpc) is 2.49. The van der Waals surface area contributed by atoms with Crippen LogP contribution in [0.4, 0.5) is 0 Å². The van der Waals surface area contributed by atoms with E-state index in [1.54, 1.807) is 12.4 Å². The number of fused-ring (bicyclic) bond motifs is 1. The van der Waals surface area contributed by atoms with E-state index in [4.69, 9.17) is 4.74 Å². The first-order valence-electron chi connectivity index (χ1n) is 7.14. The summed E-state index contributed by atoms with van der Waals surface area (Å²) in [5.74, 6) is 0.943. The zero-order valence-corrected chi connectivity index (χ0v) is 12.0. The number of pyridine rings is 1. The number of hydrogen-bond acceptors (Lipinski definition) is 3. The van der Waals surface area contributed by atoms with Crippen LogP contribution in [-0.4, -0.2) is 17.5 Å². The van der Waals surface area contributed by atoms with Gasteiger partial charge in [-0.2, -0.15) is 0 Å². The van der Waals surface area contributed by atoms with Crippen molar-refractivity contribution in [3.8, 4) is 5.75 Å². The number of nitrogens with one attached hydrogen (secondary N) is 1. The lowest BCUT2D eigenvalue weighted by atomic mass is 9.97. The standard InChI is InChI=1S/C17H18N2O2/c1-12-3-2-4-14-15(7-10-21-17(12)14)19-16(20)11-13-5-8-18-9-6-13/h2-6,8-9,15H,7,10-11H2,1H3,(H,19,20)/t15-/m0/s1. The first kappa shape index (κ1) is 13.6. The molecule has 0 radical (unpaired) electrons. The quantitative estimate of drug-likeness (QED) is 0.941. The van der Waals surface area contributed by atoms with Gasteiger partial charge in [0.1, 0.15) is 5.75 Å².